The van der Waals surface area contributed by atoms with Crippen LogP contribution < -0.4 is 25.0 Å². The van der Waals surface area contributed by atoms with Gasteiger partial charge in [-0.2, -0.15) is 9.50 Å². The van der Waals surface area contributed by atoms with Gasteiger partial charge in [-0.1, -0.05) is 48.6 Å². The molecule has 1 N–H and O–H groups in total. The van der Waals surface area contributed by atoms with E-state index in [9.17, 15) is 14.4 Å². The van der Waals surface area contributed by atoms with Gasteiger partial charge in [-0.15, -0.1) is 5.10 Å². The molecule has 0 spiro atoms. The number of para-hydroxylation sites is 1. The largest absolute Gasteiger partial charge is 0.494 e. The standard InChI is InChI=1S/C30H25N5O4S/c1-3-15-39-21-13-11-19(12-14-21)27-32-30-35(33-27)29(38)26(40-30)25-22-9-4-5-10-23(22)34(28(25)37)17-24(36)31-20-8-6-7-18(2)16-20/h4-14,16H,3,15,17H2,1-2H3,(H,31,36)/b26-25-. The van der Waals surface area contributed by atoms with Crippen LogP contribution in [0.2, 0.25) is 0 Å². The SMILES string of the molecule is CCCOc1ccc(-c2nc3s/c(=C4\C(=O)N(CC(=O)Nc5cccc(C)c5)c5ccccc54)c(=O)n3n2)cc1. The van der Waals surface area contributed by atoms with Gasteiger partial charge in [0.05, 0.1) is 17.9 Å². The Kier molecular flexibility index (Phi) is 6.61. The second-order valence-electron chi connectivity index (χ2n) is 9.44. The van der Waals surface area contributed by atoms with Crippen molar-refractivity contribution in [1.82, 2.24) is 14.6 Å². The molecule has 0 bridgehead atoms. The van der Waals surface area contributed by atoms with Crippen molar-refractivity contribution in [3.8, 4) is 17.1 Å². The molecule has 0 fully saturated rings. The summed E-state index contributed by atoms with van der Waals surface area (Å²) in [6.45, 7) is 4.43. The molecule has 10 heteroatoms. The maximum Gasteiger partial charge on any atom is 0.291 e. The van der Waals surface area contributed by atoms with E-state index in [1.165, 1.54) is 9.42 Å². The number of nitrogens with one attached hydrogen (secondary N) is 1. The Morgan fingerprint density at radius 1 is 1.02 bits per heavy atom. The highest BCUT2D eigenvalue weighted by Gasteiger charge is 2.35. The Labute approximate surface area is 233 Å². The Morgan fingerprint density at radius 3 is 2.58 bits per heavy atom. The summed E-state index contributed by atoms with van der Waals surface area (Å²) in [5.74, 6) is 0.417. The van der Waals surface area contributed by atoms with Gasteiger partial charge in [0.2, 0.25) is 10.9 Å². The molecule has 1 aliphatic heterocycles. The summed E-state index contributed by atoms with van der Waals surface area (Å²) in [4.78, 5) is 46.4. The number of rotatable bonds is 7. The van der Waals surface area contributed by atoms with Crippen molar-refractivity contribution < 1.29 is 14.3 Å². The lowest BCUT2D eigenvalue weighted by atomic mass is 10.1. The van der Waals surface area contributed by atoms with Gasteiger partial charge < -0.3 is 10.1 Å². The summed E-state index contributed by atoms with van der Waals surface area (Å²) >= 11 is 1.11. The predicted octanol–water partition coefficient (Wildman–Crippen LogP) is 3.82. The van der Waals surface area contributed by atoms with Crippen LogP contribution in [0.15, 0.2) is 77.6 Å². The summed E-state index contributed by atoms with van der Waals surface area (Å²) in [6.07, 6.45) is 0.916. The quantitative estimate of drug-likeness (QED) is 0.330. The molecule has 0 saturated heterocycles. The highest BCUT2D eigenvalue weighted by Crippen LogP contribution is 2.35. The minimum absolute atomic E-state index is 0.190. The van der Waals surface area contributed by atoms with Gasteiger partial charge in [0.1, 0.15) is 16.8 Å². The molecule has 0 aliphatic carbocycles. The zero-order valence-electron chi connectivity index (χ0n) is 21.9. The van der Waals surface area contributed by atoms with Crippen LogP contribution in [0.5, 0.6) is 5.75 Å². The molecule has 0 saturated carbocycles. The number of carbonyl (C=O) groups excluding carboxylic acids is 2. The molecule has 200 valence electrons. The Bertz CT molecular complexity index is 1880. The third kappa shape index (κ3) is 4.62. The first-order valence-corrected chi connectivity index (χ1v) is 13.7. The highest BCUT2D eigenvalue weighted by atomic mass is 32.1. The first kappa shape index (κ1) is 25.4. The average molecular weight is 552 g/mol. The first-order valence-electron chi connectivity index (χ1n) is 12.9. The van der Waals surface area contributed by atoms with Gasteiger partial charge in [-0.25, -0.2) is 0 Å². The molecule has 0 atom stereocenters. The lowest BCUT2D eigenvalue weighted by molar-refractivity contribution is -0.118. The van der Waals surface area contributed by atoms with Crippen LogP contribution in [-0.4, -0.2) is 39.6 Å². The Hall–Kier alpha value is -4.83. The van der Waals surface area contributed by atoms with Crippen LogP contribution in [0, 0.1) is 6.92 Å². The van der Waals surface area contributed by atoms with Gasteiger partial charge in [0.15, 0.2) is 5.82 Å². The van der Waals surface area contributed by atoms with Gasteiger partial charge in [0, 0.05) is 16.8 Å². The molecule has 6 rings (SSSR count). The molecule has 9 nitrogen and oxygen atoms in total. The molecule has 1 aliphatic rings. The van der Waals surface area contributed by atoms with E-state index in [2.05, 4.69) is 15.4 Å². The summed E-state index contributed by atoms with van der Waals surface area (Å²) in [5, 5.41) is 7.28. The predicted molar refractivity (Wildman–Crippen MR) is 155 cm³/mol. The number of anilines is 2. The van der Waals surface area contributed by atoms with E-state index in [-0.39, 0.29) is 22.6 Å². The fourth-order valence-electron chi connectivity index (χ4n) is 4.65. The van der Waals surface area contributed by atoms with Crippen LogP contribution in [0.4, 0.5) is 11.4 Å². The van der Waals surface area contributed by atoms with Gasteiger partial charge >= 0.3 is 0 Å². The number of nitrogens with zero attached hydrogens (tertiary/aromatic N) is 4. The summed E-state index contributed by atoms with van der Waals surface area (Å²) in [6, 6.07) is 22.0. The van der Waals surface area contributed by atoms with Gasteiger partial charge in [-0.05, 0) is 61.4 Å². The number of fused-ring (bicyclic) bond motifs is 2. The van der Waals surface area contributed by atoms with E-state index in [1.54, 1.807) is 30.3 Å². The number of thiazole rings is 1. The lowest BCUT2D eigenvalue weighted by Crippen LogP contribution is -2.37. The van der Waals surface area contributed by atoms with Crippen LogP contribution in [0.25, 0.3) is 21.9 Å². The first-order chi connectivity index (χ1) is 19.4. The van der Waals surface area contributed by atoms with Gasteiger partial charge in [-0.3, -0.25) is 19.3 Å². The van der Waals surface area contributed by atoms with E-state index in [1.807, 2.05) is 56.3 Å². The summed E-state index contributed by atoms with van der Waals surface area (Å²) in [7, 11) is 0. The van der Waals surface area contributed by atoms with Crippen molar-refractivity contribution in [3.63, 3.8) is 0 Å². The average Bonchev–Trinajstić information content (AvgIpc) is 3.58. The van der Waals surface area contributed by atoms with E-state index in [0.29, 0.717) is 34.3 Å². The molecule has 3 heterocycles. The van der Waals surface area contributed by atoms with Crippen molar-refractivity contribution in [3.05, 3.63) is 98.8 Å². The smallest absolute Gasteiger partial charge is 0.291 e. The van der Waals surface area contributed by atoms with Crippen LogP contribution in [-0.2, 0) is 9.59 Å². The van der Waals surface area contributed by atoms with E-state index < -0.39 is 11.5 Å². The molecule has 0 radical (unpaired) electrons. The molecular formula is C30H25N5O4S. The molecule has 40 heavy (non-hydrogen) atoms. The topological polar surface area (TPSA) is 106 Å². The number of amides is 2. The minimum Gasteiger partial charge on any atom is -0.494 e. The van der Waals surface area contributed by atoms with Crippen molar-refractivity contribution >= 4 is 45.1 Å². The monoisotopic (exact) mass is 551 g/mol. The van der Waals surface area contributed by atoms with E-state index in [0.717, 1.165) is 34.6 Å². The molecular weight excluding hydrogens is 526 g/mol. The maximum absolute atomic E-state index is 13.7. The zero-order chi connectivity index (χ0) is 27.8. The number of hydrogen-bond acceptors (Lipinski definition) is 7. The highest BCUT2D eigenvalue weighted by molar-refractivity contribution is 7.15. The van der Waals surface area contributed by atoms with Crippen molar-refractivity contribution in [2.75, 3.05) is 23.4 Å². The Balaban J connectivity index is 1.33. The Morgan fingerprint density at radius 2 is 1.82 bits per heavy atom. The molecule has 2 amide bonds. The fourth-order valence-corrected chi connectivity index (χ4v) is 5.65. The molecule has 2 aromatic heterocycles. The molecule has 0 unspecified atom stereocenters. The van der Waals surface area contributed by atoms with Crippen molar-refractivity contribution in [2.45, 2.75) is 20.3 Å². The van der Waals surface area contributed by atoms with E-state index >= 15 is 0 Å². The molecule has 3 aromatic carbocycles. The lowest BCUT2D eigenvalue weighted by Gasteiger charge is -2.16. The summed E-state index contributed by atoms with van der Waals surface area (Å²) < 4.78 is 7.10. The number of hydrogen-bond donors (Lipinski definition) is 1. The zero-order valence-corrected chi connectivity index (χ0v) is 22.7. The van der Waals surface area contributed by atoms with Crippen molar-refractivity contribution in [2.24, 2.45) is 0 Å². The third-order valence-corrected chi connectivity index (χ3v) is 7.53. The van der Waals surface area contributed by atoms with Crippen LogP contribution >= 0.6 is 11.3 Å². The fraction of sp³-hybridized carbons (Fsp3) is 0.167. The van der Waals surface area contributed by atoms with E-state index in [4.69, 9.17) is 4.74 Å². The van der Waals surface area contributed by atoms with Gasteiger partial charge in [0.25, 0.3) is 11.5 Å². The summed E-state index contributed by atoms with van der Waals surface area (Å²) in [5.41, 5.74) is 3.41. The third-order valence-electron chi connectivity index (χ3n) is 6.50. The molecule has 5 aromatic rings. The second-order valence-corrected chi connectivity index (χ2v) is 10.4. The minimum atomic E-state index is -0.425. The number of aromatic nitrogens is 3. The number of ether oxygens (including phenoxy) is 1. The van der Waals surface area contributed by atoms with Crippen molar-refractivity contribution in [1.29, 1.82) is 0 Å². The van der Waals surface area contributed by atoms with Crippen LogP contribution in [0.3, 0.4) is 0 Å². The van der Waals surface area contributed by atoms with Crippen LogP contribution in [0.1, 0.15) is 24.5 Å². The number of carbonyl (C=O) groups is 2. The normalized spacial score (nSPS) is 14.1. The number of benzene rings is 3. The number of aryl methyl sites for hydroxylation is 1. The second kappa shape index (κ2) is 10.4. The maximum atomic E-state index is 13.7.